The molecule has 1 aromatic heterocycles. The van der Waals surface area contributed by atoms with Crippen molar-refractivity contribution >= 4 is 5.91 Å². The Hall–Kier alpha value is -2.43. The third-order valence-corrected chi connectivity index (χ3v) is 2.64. The molecule has 0 aliphatic carbocycles. The highest BCUT2D eigenvalue weighted by atomic mass is 16.2. The van der Waals surface area contributed by atoms with E-state index in [1.54, 1.807) is 37.3 Å². The van der Waals surface area contributed by atoms with Crippen LogP contribution in [0.2, 0.25) is 0 Å². The van der Waals surface area contributed by atoms with E-state index in [1.165, 1.54) is 6.20 Å². The lowest BCUT2D eigenvalue weighted by molar-refractivity contribution is 0.0953. The predicted molar refractivity (Wildman–Crippen MR) is 66.9 cm³/mol. The Kier molecular flexibility index (Phi) is 3.23. The largest absolute Gasteiger partial charge is 0.335 e. The molecule has 2 rings (SSSR count). The van der Waals surface area contributed by atoms with Crippen LogP contribution in [0.25, 0.3) is 0 Å². The minimum absolute atomic E-state index is 0.397. The fraction of sp³-hybridized carbons (Fsp3) is 0.154. The highest BCUT2D eigenvalue weighted by molar-refractivity contribution is 5.95. The summed E-state index contributed by atoms with van der Waals surface area (Å²) in [5.74, 6) is -0.452. The lowest BCUT2D eigenvalue weighted by atomic mass is 10.2. The second-order valence-electron chi connectivity index (χ2n) is 3.81. The van der Waals surface area contributed by atoms with Gasteiger partial charge in [-0.1, -0.05) is 25.1 Å². The second-order valence-corrected chi connectivity index (χ2v) is 3.81. The zero-order valence-electron chi connectivity index (χ0n) is 9.84. The Bertz CT molecular complexity index is 683. The van der Waals surface area contributed by atoms with Crippen LogP contribution >= 0.6 is 0 Å². The van der Waals surface area contributed by atoms with Crippen LogP contribution in [0.4, 0.5) is 0 Å². The molecule has 0 unspecified atom stereocenters. The summed E-state index contributed by atoms with van der Waals surface area (Å²) in [6.07, 6.45) is 1.76. The first-order valence-electron chi connectivity index (χ1n) is 5.58. The van der Waals surface area contributed by atoms with Gasteiger partial charge in [-0.25, -0.2) is 9.36 Å². The average molecular weight is 244 g/mol. The van der Waals surface area contributed by atoms with Crippen LogP contribution in [0.3, 0.4) is 0 Å². The van der Waals surface area contributed by atoms with Gasteiger partial charge in [0, 0.05) is 17.3 Å². The maximum absolute atomic E-state index is 12.1. The van der Waals surface area contributed by atoms with E-state index in [2.05, 4.69) is 4.98 Å². The van der Waals surface area contributed by atoms with E-state index >= 15 is 0 Å². The SMILES string of the molecule is CCc1cn(C(=O)c2ccccc2)c(=O)[nH]c1=O. The molecule has 0 aliphatic rings. The van der Waals surface area contributed by atoms with Crippen molar-refractivity contribution in [1.82, 2.24) is 9.55 Å². The Morgan fingerprint density at radius 2 is 1.89 bits per heavy atom. The van der Waals surface area contributed by atoms with Gasteiger partial charge in [0.05, 0.1) is 0 Å². The van der Waals surface area contributed by atoms with Crippen molar-refractivity contribution in [3.63, 3.8) is 0 Å². The summed E-state index contributed by atoms with van der Waals surface area (Å²) in [5, 5.41) is 0. The summed E-state index contributed by atoms with van der Waals surface area (Å²) in [7, 11) is 0. The number of carbonyl (C=O) groups excluding carboxylic acids is 1. The lowest BCUT2D eigenvalue weighted by Crippen LogP contribution is -2.35. The number of benzene rings is 1. The smallest absolute Gasteiger partial charge is 0.273 e. The van der Waals surface area contributed by atoms with Crippen LogP contribution in [0.5, 0.6) is 0 Å². The molecular formula is C13H12N2O3. The summed E-state index contributed by atoms with van der Waals surface area (Å²) in [6, 6.07) is 8.44. The second kappa shape index (κ2) is 4.83. The Morgan fingerprint density at radius 1 is 1.22 bits per heavy atom. The molecule has 0 saturated heterocycles. The topological polar surface area (TPSA) is 71.9 Å². The molecule has 5 nitrogen and oxygen atoms in total. The summed E-state index contributed by atoms with van der Waals surface area (Å²) >= 11 is 0. The molecule has 5 heteroatoms. The van der Waals surface area contributed by atoms with E-state index < -0.39 is 17.2 Å². The van der Waals surface area contributed by atoms with Gasteiger partial charge in [0.2, 0.25) is 0 Å². The van der Waals surface area contributed by atoms with E-state index in [4.69, 9.17) is 0 Å². The molecule has 1 aromatic carbocycles. The van der Waals surface area contributed by atoms with Crippen molar-refractivity contribution in [3.05, 3.63) is 68.5 Å². The minimum atomic E-state index is -0.717. The van der Waals surface area contributed by atoms with Gasteiger partial charge in [-0.05, 0) is 18.6 Å². The molecule has 0 saturated carbocycles. The predicted octanol–water partition coefficient (Wildman–Crippen LogP) is 0.787. The molecular weight excluding hydrogens is 232 g/mol. The highest BCUT2D eigenvalue weighted by Gasteiger charge is 2.11. The zero-order chi connectivity index (χ0) is 13.1. The van der Waals surface area contributed by atoms with Gasteiger partial charge >= 0.3 is 5.69 Å². The molecule has 0 radical (unpaired) electrons. The summed E-state index contributed by atoms with van der Waals surface area (Å²) in [5.41, 5.74) is -0.363. The molecule has 1 heterocycles. The van der Waals surface area contributed by atoms with Crippen LogP contribution in [-0.2, 0) is 6.42 Å². The molecule has 0 fully saturated rings. The molecule has 0 atom stereocenters. The van der Waals surface area contributed by atoms with Crippen molar-refractivity contribution in [3.8, 4) is 0 Å². The summed E-state index contributed by atoms with van der Waals surface area (Å²) in [6.45, 7) is 1.78. The third-order valence-electron chi connectivity index (χ3n) is 2.64. The third kappa shape index (κ3) is 2.15. The fourth-order valence-corrected chi connectivity index (χ4v) is 1.63. The summed E-state index contributed by atoms with van der Waals surface area (Å²) in [4.78, 5) is 37.2. The maximum atomic E-state index is 12.1. The van der Waals surface area contributed by atoms with E-state index in [9.17, 15) is 14.4 Å². The van der Waals surface area contributed by atoms with Gasteiger partial charge < -0.3 is 0 Å². The molecule has 1 N–H and O–H groups in total. The molecule has 2 aromatic rings. The van der Waals surface area contributed by atoms with Crippen molar-refractivity contribution in [2.45, 2.75) is 13.3 Å². The molecule has 0 bridgehead atoms. The van der Waals surface area contributed by atoms with E-state index in [0.717, 1.165) is 4.57 Å². The number of hydrogen-bond acceptors (Lipinski definition) is 3. The standard InChI is InChI=1S/C13H12N2O3/c1-2-9-8-15(13(18)14-11(9)16)12(17)10-6-4-3-5-7-10/h3-8H,2H2,1H3,(H,14,16,18). The number of aryl methyl sites for hydroxylation is 1. The van der Waals surface area contributed by atoms with Crippen LogP contribution < -0.4 is 11.2 Å². The first-order valence-corrected chi connectivity index (χ1v) is 5.58. The quantitative estimate of drug-likeness (QED) is 0.848. The molecule has 0 aliphatic heterocycles. The van der Waals surface area contributed by atoms with Gasteiger partial charge in [0.25, 0.3) is 11.5 Å². The normalized spacial score (nSPS) is 10.3. The first-order chi connectivity index (χ1) is 8.63. The lowest BCUT2D eigenvalue weighted by Gasteiger charge is -2.05. The van der Waals surface area contributed by atoms with E-state index in [-0.39, 0.29) is 0 Å². The Morgan fingerprint density at radius 3 is 2.50 bits per heavy atom. The molecule has 18 heavy (non-hydrogen) atoms. The van der Waals surface area contributed by atoms with Crippen LogP contribution in [0.15, 0.2) is 46.1 Å². The van der Waals surface area contributed by atoms with E-state index in [0.29, 0.717) is 17.5 Å². The van der Waals surface area contributed by atoms with E-state index in [1.807, 2.05) is 0 Å². The van der Waals surface area contributed by atoms with Gasteiger partial charge in [-0.2, -0.15) is 0 Å². The van der Waals surface area contributed by atoms with Gasteiger partial charge in [0.1, 0.15) is 0 Å². The highest BCUT2D eigenvalue weighted by Crippen LogP contribution is 2.01. The number of hydrogen-bond donors (Lipinski definition) is 1. The Balaban J connectivity index is 2.56. The van der Waals surface area contributed by atoms with Crippen molar-refractivity contribution < 1.29 is 4.79 Å². The van der Waals surface area contributed by atoms with Crippen LogP contribution in [0.1, 0.15) is 22.8 Å². The monoisotopic (exact) mass is 244 g/mol. The summed E-state index contributed by atoms with van der Waals surface area (Å²) < 4.78 is 0.926. The number of aromatic nitrogens is 2. The fourth-order valence-electron chi connectivity index (χ4n) is 1.63. The maximum Gasteiger partial charge on any atom is 0.335 e. The van der Waals surface area contributed by atoms with Gasteiger partial charge in [0.15, 0.2) is 0 Å². The van der Waals surface area contributed by atoms with Crippen molar-refractivity contribution in [2.75, 3.05) is 0 Å². The minimum Gasteiger partial charge on any atom is -0.273 e. The van der Waals surface area contributed by atoms with Gasteiger partial charge in [-0.15, -0.1) is 0 Å². The number of nitrogens with zero attached hydrogens (tertiary/aromatic N) is 1. The molecule has 0 spiro atoms. The first kappa shape index (κ1) is 12.0. The molecule has 0 amide bonds. The zero-order valence-corrected chi connectivity index (χ0v) is 9.84. The number of rotatable bonds is 2. The number of nitrogens with one attached hydrogen (secondary N) is 1. The van der Waals surface area contributed by atoms with Crippen LogP contribution in [-0.4, -0.2) is 15.5 Å². The number of H-pyrrole nitrogens is 1. The number of aromatic amines is 1. The van der Waals surface area contributed by atoms with Crippen molar-refractivity contribution in [2.24, 2.45) is 0 Å². The number of carbonyl (C=O) groups is 1. The van der Waals surface area contributed by atoms with Crippen molar-refractivity contribution in [1.29, 1.82) is 0 Å². The van der Waals surface area contributed by atoms with Crippen LogP contribution in [0, 0.1) is 0 Å². The average Bonchev–Trinajstić information content (AvgIpc) is 2.39. The Labute approximate surface area is 103 Å². The van der Waals surface area contributed by atoms with Gasteiger partial charge in [-0.3, -0.25) is 14.6 Å². The molecule has 92 valence electrons.